The SMILES string of the molecule is COc1c(CN2O[C@@H](CO)[C@H]([C@H](C)O)[C@H]2C(=O)N[C@H]2C[C@H]3C[C@@H]([C@@H]2C)C3(C)C)cccc1-c1cc(C(=O)NCCC2CCCCC2)cc(N(C)C)c1. The van der Waals surface area contributed by atoms with E-state index in [1.54, 1.807) is 19.1 Å². The molecule has 1 aliphatic heterocycles. The number of aliphatic hydroxyl groups is 2. The lowest BCUT2D eigenvalue weighted by Crippen LogP contribution is -2.62. The van der Waals surface area contributed by atoms with Crippen LogP contribution in [0.15, 0.2) is 36.4 Å². The van der Waals surface area contributed by atoms with Gasteiger partial charge in [0.15, 0.2) is 0 Å². The van der Waals surface area contributed by atoms with Gasteiger partial charge >= 0.3 is 0 Å². The van der Waals surface area contributed by atoms with Crippen molar-refractivity contribution in [2.24, 2.45) is 35.0 Å². The van der Waals surface area contributed by atoms with Crippen LogP contribution in [0.3, 0.4) is 0 Å². The molecule has 4 saturated carbocycles. The first-order chi connectivity index (χ1) is 24.8. The molecule has 0 aromatic heterocycles. The van der Waals surface area contributed by atoms with Crippen LogP contribution < -0.4 is 20.3 Å². The van der Waals surface area contributed by atoms with Gasteiger partial charge in [-0.05, 0) is 79.0 Å². The van der Waals surface area contributed by atoms with Gasteiger partial charge in [-0.3, -0.25) is 14.4 Å². The number of methoxy groups -OCH3 is 1. The van der Waals surface area contributed by atoms with E-state index >= 15 is 0 Å². The lowest BCUT2D eigenvalue weighted by atomic mass is 9.45. The monoisotopic (exact) mass is 718 g/mol. The number of para-hydroxylation sites is 1. The van der Waals surface area contributed by atoms with Gasteiger partial charge in [0, 0.05) is 55.0 Å². The third kappa shape index (κ3) is 7.72. The number of hydrogen-bond donors (Lipinski definition) is 4. The number of carbonyl (C=O) groups is 2. The summed E-state index contributed by atoms with van der Waals surface area (Å²) in [6.45, 7) is 9.11. The quantitative estimate of drug-likeness (QED) is 0.205. The van der Waals surface area contributed by atoms with Crippen molar-refractivity contribution in [3.8, 4) is 16.9 Å². The van der Waals surface area contributed by atoms with Crippen molar-refractivity contribution in [3.63, 3.8) is 0 Å². The third-order valence-electron chi connectivity index (χ3n) is 13.3. The number of benzene rings is 2. The molecule has 4 N–H and O–H groups in total. The molecule has 1 heterocycles. The molecule has 5 aliphatic rings. The molecule has 8 atom stereocenters. The largest absolute Gasteiger partial charge is 0.496 e. The maximum Gasteiger partial charge on any atom is 0.251 e. The van der Waals surface area contributed by atoms with E-state index in [-0.39, 0.29) is 31.0 Å². The minimum atomic E-state index is -0.886. The molecule has 2 bridgehead atoms. The van der Waals surface area contributed by atoms with Crippen LogP contribution in [-0.2, 0) is 16.2 Å². The number of rotatable bonds is 13. The molecule has 0 radical (unpaired) electrons. The number of ether oxygens (including phenoxy) is 1. The van der Waals surface area contributed by atoms with Crippen LogP contribution in [0.4, 0.5) is 5.69 Å². The van der Waals surface area contributed by atoms with Crippen molar-refractivity contribution in [1.82, 2.24) is 15.7 Å². The van der Waals surface area contributed by atoms with E-state index in [4.69, 9.17) is 9.57 Å². The number of hydrogen-bond acceptors (Lipinski definition) is 8. The molecule has 0 unspecified atom stereocenters. The highest BCUT2D eigenvalue weighted by atomic mass is 16.7. The van der Waals surface area contributed by atoms with Crippen molar-refractivity contribution in [1.29, 1.82) is 0 Å². The van der Waals surface area contributed by atoms with Crippen LogP contribution in [0.5, 0.6) is 5.75 Å². The van der Waals surface area contributed by atoms with E-state index in [1.165, 1.54) is 38.5 Å². The van der Waals surface area contributed by atoms with Crippen molar-refractivity contribution < 1.29 is 29.4 Å². The zero-order valence-corrected chi connectivity index (χ0v) is 32.4. The average molecular weight is 719 g/mol. The number of carbonyl (C=O) groups excluding carboxylic acids is 2. The second-order valence-corrected chi connectivity index (χ2v) is 16.9. The van der Waals surface area contributed by atoms with Gasteiger partial charge in [-0.2, -0.15) is 5.06 Å². The number of fused-ring (bicyclic) bond motifs is 2. The van der Waals surface area contributed by atoms with Crippen LogP contribution in [-0.4, -0.2) is 85.7 Å². The van der Waals surface area contributed by atoms with Crippen LogP contribution in [0.1, 0.15) is 95.0 Å². The maximum absolute atomic E-state index is 14.2. The summed E-state index contributed by atoms with van der Waals surface area (Å²) in [5.74, 6) is 1.88. The lowest BCUT2D eigenvalue weighted by molar-refractivity contribution is -0.183. The Balaban J connectivity index is 1.25. The minimum Gasteiger partial charge on any atom is -0.496 e. The van der Waals surface area contributed by atoms with Gasteiger partial charge in [0.05, 0.1) is 26.4 Å². The number of nitrogens with one attached hydrogen (secondary N) is 2. The summed E-state index contributed by atoms with van der Waals surface area (Å²) >= 11 is 0. The minimum absolute atomic E-state index is 0.0504. The van der Waals surface area contributed by atoms with Crippen LogP contribution in [0.2, 0.25) is 0 Å². The lowest BCUT2D eigenvalue weighted by Gasteiger charge is -2.62. The second-order valence-electron chi connectivity index (χ2n) is 16.9. The molecule has 4 aliphatic carbocycles. The molecule has 5 fully saturated rings. The Morgan fingerprint density at radius 3 is 2.50 bits per heavy atom. The molecule has 10 nitrogen and oxygen atoms in total. The van der Waals surface area contributed by atoms with Crippen molar-refractivity contribution in [2.75, 3.05) is 39.3 Å². The van der Waals surface area contributed by atoms with Gasteiger partial charge in [-0.15, -0.1) is 0 Å². The second kappa shape index (κ2) is 16.0. The smallest absolute Gasteiger partial charge is 0.251 e. The van der Waals surface area contributed by atoms with Crippen LogP contribution in [0.25, 0.3) is 11.1 Å². The summed E-state index contributed by atoms with van der Waals surface area (Å²) < 4.78 is 6.07. The summed E-state index contributed by atoms with van der Waals surface area (Å²) in [7, 11) is 5.54. The zero-order valence-electron chi connectivity index (χ0n) is 32.4. The Labute approximate surface area is 310 Å². The molecular formula is C42H62N4O6. The number of anilines is 1. The number of aliphatic hydroxyl groups excluding tert-OH is 2. The molecule has 2 aromatic rings. The number of hydroxylamine groups is 2. The van der Waals surface area contributed by atoms with E-state index in [0.29, 0.717) is 46.9 Å². The van der Waals surface area contributed by atoms with Gasteiger partial charge in [0.2, 0.25) is 5.91 Å². The molecular weight excluding hydrogens is 656 g/mol. The van der Waals surface area contributed by atoms with E-state index in [2.05, 4.69) is 31.4 Å². The van der Waals surface area contributed by atoms with Gasteiger partial charge in [-0.1, -0.05) is 71.1 Å². The molecule has 0 spiro atoms. The molecule has 52 heavy (non-hydrogen) atoms. The van der Waals surface area contributed by atoms with E-state index in [1.807, 2.05) is 55.4 Å². The Kier molecular flexibility index (Phi) is 11.9. The summed E-state index contributed by atoms with van der Waals surface area (Å²) in [6, 6.07) is 11.0. The Bertz CT molecular complexity index is 1570. The van der Waals surface area contributed by atoms with Gasteiger partial charge in [0.1, 0.15) is 17.9 Å². The summed E-state index contributed by atoms with van der Waals surface area (Å²) in [6.07, 6.45) is 7.92. The molecule has 2 aromatic carbocycles. The highest BCUT2D eigenvalue weighted by Crippen LogP contribution is 2.61. The highest BCUT2D eigenvalue weighted by Gasteiger charge is 2.57. The van der Waals surface area contributed by atoms with Gasteiger partial charge < -0.3 is 30.5 Å². The fourth-order valence-corrected chi connectivity index (χ4v) is 9.95. The standard InChI is InChI=1S/C42H62N4O6/c1-25-34-21-31(42(34,3)4)22-35(25)44-41(50)38-37(26(2)48)36(24-47)52-46(38)23-28-14-11-15-33(39(28)51-7)29-18-30(20-32(19-29)45(5)6)40(49)43-17-16-27-12-9-8-10-13-27/h11,14-15,18-20,25-27,31,34-38,47-48H,8-10,12-13,16-17,21-24H2,1-7H3,(H,43,49)(H,44,50)/t25-,26-,31+,34-,35-,36-,37-,38-/m0/s1. The van der Waals surface area contributed by atoms with E-state index in [9.17, 15) is 19.8 Å². The Morgan fingerprint density at radius 2 is 1.87 bits per heavy atom. The van der Waals surface area contributed by atoms with Crippen molar-refractivity contribution in [2.45, 2.75) is 110 Å². The fourth-order valence-electron chi connectivity index (χ4n) is 9.95. The summed E-state index contributed by atoms with van der Waals surface area (Å²) in [5, 5.41) is 29.4. The molecule has 1 saturated heterocycles. The summed E-state index contributed by atoms with van der Waals surface area (Å²) in [5.41, 5.74) is 4.19. The maximum atomic E-state index is 14.2. The van der Waals surface area contributed by atoms with Gasteiger partial charge in [-0.25, -0.2) is 0 Å². The molecule has 10 heteroatoms. The average Bonchev–Trinajstić information content (AvgIpc) is 3.51. The van der Waals surface area contributed by atoms with Crippen LogP contribution in [0, 0.1) is 35.0 Å². The summed E-state index contributed by atoms with van der Waals surface area (Å²) in [4.78, 5) is 36.0. The first-order valence-electron chi connectivity index (χ1n) is 19.6. The highest BCUT2D eigenvalue weighted by molar-refractivity contribution is 5.97. The fraction of sp³-hybridized carbons (Fsp3) is 0.667. The van der Waals surface area contributed by atoms with Gasteiger partial charge in [0.25, 0.3) is 5.91 Å². The van der Waals surface area contributed by atoms with Crippen LogP contribution >= 0.6 is 0 Å². The molecule has 7 rings (SSSR count). The van der Waals surface area contributed by atoms with Crippen molar-refractivity contribution in [3.05, 3.63) is 47.5 Å². The Hall–Kier alpha value is -3.18. The number of amides is 2. The third-order valence-corrected chi connectivity index (χ3v) is 13.3. The molecule has 286 valence electrons. The van der Waals surface area contributed by atoms with E-state index < -0.39 is 24.2 Å². The molecule has 2 amide bonds. The number of nitrogens with zero attached hydrogens (tertiary/aromatic N) is 2. The normalized spacial score (nSPS) is 29.2. The van der Waals surface area contributed by atoms with E-state index in [0.717, 1.165) is 35.2 Å². The van der Waals surface area contributed by atoms with Crippen molar-refractivity contribution >= 4 is 17.5 Å². The first-order valence-corrected chi connectivity index (χ1v) is 19.6. The zero-order chi connectivity index (χ0) is 37.3. The predicted molar refractivity (Wildman–Crippen MR) is 204 cm³/mol. The topological polar surface area (TPSA) is 124 Å². The first kappa shape index (κ1) is 38.5. The predicted octanol–water partition coefficient (Wildman–Crippen LogP) is 5.79. The Morgan fingerprint density at radius 1 is 1.12 bits per heavy atom.